The molecule has 0 radical (unpaired) electrons. The van der Waals surface area contributed by atoms with Crippen molar-refractivity contribution in [1.29, 1.82) is 5.26 Å². The highest BCUT2D eigenvalue weighted by molar-refractivity contribution is 5.95. The Morgan fingerprint density at radius 3 is 2.61 bits per heavy atom. The highest BCUT2D eigenvalue weighted by Gasteiger charge is 2.27. The summed E-state index contributed by atoms with van der Waals surface area (Å²) in [6.07, 6.45) is 0. The molecule has 0 unspecified atom stereocenters. The van der Waals surface area contributed by atoms with Crippen LogP contribution in [-0.4, -0.2) is 11.9 Å². The zero-order valence-corrected chi connectivity index (χ0v) is 10.6. The monoisotopic (exact) mass is 249 g/mol. The third-order valence-corrected chi connectivity index (χ3v) is 2.57. The lowest BCUT2D eigenvalue weighted by atomic mass is 9.87. The number of nitrogens with two attached hydrogens (primary N) is 1. The van der Waals surface area contributed by atoms with Gasteiger partial charge >= 0.3 is 0 Å². The van der Waals surface area contributed by atoms with Crippen LogP contribution in [0.25, 0.3) is 0 Å². The maximum atomic E-state index is 13.1. The first-order valence-corrected chi connectivity index (χ1v) is 5.52. The number of halogens is 1. The zero-order valence-electron chi connectivity index (χ0n) is 10.6. The number of benzene rings is 1. The van der Waals surface area contributed by atoms with E-state index in [1.807, 2.05) is 20.8 Å². The predicted octanol–water partition coefficient (Wildman–Crippen LogP) is 2.01. The van der Waals surface area contributed by atoms with Gasteiger partial charge in [-0.15, -0.1) is 0 Å². The van der Waals surface area contributed by atoms with Gasteiger partial charge in [0.05, 0.1) is 11.6 Å². The van der Waals surface area contributed by atoms with E-state index in [9.17, 15) is 9.18 Å². The van der Waals surface area contributed by atoms with Gasteiger partial charge in [-0.05, 0) is 23.6 Å². The normalized spacial score (nSPS) is 12.7. The van der Waals surface area contributed by atoms with Crippen molar-refractivity contribution >= 4 is 11.6 Å². The molecule has 0 spiro atoms. The summed E-state index contributed by atoms with van der Waals surface area (Å²) in [7, 11) is 0. The van der Waals surface area contributed by atoms with Crippen LogP contribution in [0, 0.1) is 22.6 Å². The summed E-state index contributed by atoms with van der Waals surface area (Å²) in [6, 6.07) is 4.83. The maximum Gasteiger partial charge on any atom is 0.241 e. The number of carbonyl (C=O) groups is 1. The maximum absolute atomic E-state index is 13.1. The molecule has 0 aromatic heterocycles. The summed E-state index contributed by atoms with van der Waals surface area (Å²) < 4.78 is 13.1. The summed E-state index contributed by atoms with van der Waals surface area (Å²) in [5.74, 6) is -0.978. The van der Waals surface area contributed by atoms with E-state index in [0.29, 0.717) is 5.69 Å². The zero-order chi connectivity index (χ0) is 13.9. The van der Waals surface area contributed by atoms with Crippen molar-refractivity contribution in [3.8, 4) is 6.07 Å². The van der Waals surface area contributed by atoms with Gasteiger partial charge in [-0.3, -0.25) is 4.79 Å². The number of hydrogen-bond acceptors (Lipinski definition) is 3. The largest absolute Gasteiger partial charge is 0.325 e. The number of nitrogens with zero attached hydrogens (tertiary/aromatic N) is 1. The Labute approximate surface area is 106 Å². The molecule has 1 atom stereocenters. The van der Waals surface area contributed by atoms with Crippen LogP contribution in [0.2, 0.25) is 0 Å². The van der Waals surface area contributed by atoms with Crippen LogP contribution < -0.4 is 11.1 Å². The second-order valence-electron chi connectivity index (χ2n) is 5.14. The van der Waals surface area contributed by atoms with Gasteiger partial charge in [-0.1, -0.05) is 20.8 Å². The molecule has 3 N–H and O–H groups in total. The molecule has 0 saturated carbocycles. The fourth-order valence-corrected chi connectivity index (χ4v) is 1.30. The van der Waals surface area contributed by atoms with Crippen LogP contribution in [0.3, 0.4) is 0 Å². The third kappa shape index (κ3) is 3.28. The van der Waals surface area contributed by atoms with Crippen LogP contribution in [0.4, 0.5) is 10.1 Å². The Kier molecular flexibility index (Phi) is 4.04. The molecule has 1 amide bonds. The molecule has 0 aliphatic carbocycles. The van der Waals surface area contributed by atoms with Crippen LogP contribution in [0.15, 0.2) is 18.2 Å². The summed E-state index contributed by atoms with van der Waals surface area (Å²) >= 11 is 0. The molecule has 4 nitrogen and oxygen atoms in total. The van der Waals surface area contributed by atoms with Crippen LogP contribution in [0.5, 0.6) is 0 Å². The minimum atomic E-state index is -0.687. The molecule has 1 rings (SSSR count). The van der Waals surface area contributed by atoms with Crippen molar-refractivity contribution in [3.05, 3.63) is 29.6 Å². The van der Waals surface area contributed by atoms with Gasteiger partial charge in [0.2, 0.25) is 5.91 Å². The summed E-state index contributed by atoms with van der Waals surface area (Å²) in [6.45, 7) is 5.55. The number of carbonyl (C=O) groups excluding carboxylic acids is 1. The molecular weight excluding hydrogens is 233 g/mol. The van der Waals surface area contributed by atoms with E-state index in [-0.39, 0.29) is 16.9 Å². The minimum Gasteiger partial charge on any atom is -0.325 e. The predicted molar refractivity (Wildman–Crippen MR) is 67.2 cm³/mol. The van der Waals surface area contributed by atoms with Crippen molar-refractivity contribution in [2.75, 3.05) is 5.32 Å². The fourth-order valence-electron chi connectivity index (χ4n) is 1.30. The van der Waals surface area contributed by atoms with E-state index in [2.05, 4.69) is 5.32 Å². The average Bonchev–Trinajstić information content (AvgIpc) is 2.29. The SMILES string of the molecule is CC(C)(C)[C@@H](N)C(=O)Nc1ccc(F)c(C#N)c1. The van der Waals surface area contributed by atoms with Crippen molar-refractivity contribution in [2.24, 2.45) is 11.1 Å². The van der Waals surface area contributed by atoms with Gasteiger partial charge in [-0.2, -0.15) is 5.26 Å². The van der Waals surface area contributed by atoms with Crippen molar-refractivity contribution in [3.63, 3.8) is 0 Å². The van der Waals surface area contributed by atoms with E-state index >= 15 is 0 Å². The van der Waals surface area contributed by atoms with E-state index in [0.717, 1.165) is 6.07 Å². The number of nitrogens with one attached hydrogen (secondary N) is 1. The molecule has 1 aromatic carbocycles. The molecule has 1 aromatic rings. The Balaban J connectivity index is 2.87. The van der Waals surface area contributed by atoms with Crippen molar-refractivity contribution in [1.82, 2.24) is 0 Å². The van der Waals surface area contributed by atoms with Gasteiger partial charge in [0, 0.05) is 5.69 Å². The van der Waals surface area contributed by atoms with Crippen molar-refractivity contribution < 1.29 is 9.18 Å². The lowest BCUT2D eigenvalue weighted by Crippen LogP contribution is -2.45. The summed E-state index contributed by atoms with van der Waals surface area (Å²) in [5.41, 5.74) is 5.66. The van der Waals surface area contributed by atoms with Gasteiger partial charge < -0.3 is 11.1 Å². The molecule has 5 heteroatoms. The average molecular weight is 249 g/mol. The number of amides is 1. The lowest BCUT2D eigenvalue weighted by molar-refractivity contribution is -0.119. The minimum absolute atomic E-state index is 0.114. The van der Waals surface area contributed by atoms with Crippen molar-refractivity contribution in [2.45, 2.75) is 26.8 Å². The second-order valence-corrected chi connectivity index (χ2v) is 5.14. The van der Waals surface area contributed by atoms with E-state index in [4.69, 9.17) is 11.0 Å². The van der Waals surface area contributed by atoms with Gasteiger partial charge in [0.1, 0.15) is 11.9 Å². The standard InChI is InChI=1S/C13H16FN3O/c1-13(2,3)11(16)12(18)17-9-4-5-10(14)8(6-9)7-15/h4-6,11H,16H2,1-3H3,(H,17,18)/t11-/m0/s1. The number of rotatable bonds is 2. The van der Waals surface area contributed by atoms with E-state index < -0.39 is 11.9 Å². The Morgan fingerprint density at radius 1 is 1.50 bits per heavy atom. The number of hydrogen-bond donors (Lipinski definition) is 2. The molecular formula is C13H16FN3O. The number of nitriles is 1. The van der Waals surface area contributed by atoms with Gasteiger partial charge in [0.25, 0.3) is 0 Å². The Hall–Kier alpha value is -1.93. The quantitative estimate of drug-likeness (QED) is 0.841. The molecule has 0 aliphatic heterocycles. The third-order valence-electron chi connectivity index (χ3n) is 2.57. The lowest BCUT2D eigenvalue weighted by Gasteiger charge is -2.25. The van der Waals surface area contributed by atoms with Crippen LogP contribution in [0.1, 0.15) is 26.3 Å². The smallest absolute Gasteiger partial charge is 0.241 e. The molecule has 0 bridgehead atoms. The Morgan fingerprint density at radius 2 is 2.11 bits per heavy atom. The highest BCUT2D eigenvalue weighted by atomic mass is 19.1. The van der Waals surface area contributed by atoms with Crippen LogP contribution >= 0.6 is 0 Å². The topological polar surface area (TPSA) is 78.9 Å². The molecule has 96 valence electrons. The first kappa shape index (κ1) is 14.1. The molecule has 0 aliphatic rings. The first-order chi connectivity index (χ1) is 8.25. The second kappa shape index (κ2) is 5.15. The van der Waals surface area contributed by atoms with E-state index in [1.54, 1.807) is 6.07 Å². The molecule has 0 saturated heterocycles. The van der Waals surface area contributed by atoms with E-state index in [1.165, 1.54) is 12.1 Å². The van der Waals surface area contributed by atoms with Gasteiger partial charge in [0.15, 0.2) is 0 Å². The summed E-state index contributed by atoms with van der Waals surface area (Å²) in [5, 5.41) is 11.3. The summed E-state index contributed by atoms with van der Waals surface area (Å²) in [4.78, 5) is 11.8. The Bertz CT molecular complexity index is 500. The molecule has 18 heavy (non-hydrogen) atoms. The van der Waals surface area contributed by atoms with Gasteiger partial charge in [-0.25, -0.2) is 4.39 Å². The number of anilines is 1. The molecule has 0 fully saturated rings. The first-order valence-electron chi connectivity index (χ1n) is 5.52. The fraction of sp³-hybridized carbons (Fsp3) is 0.385. The molecule has 0 heterocycles. The highest BCUT2D eigenvalue weighted by Crippen LogP contribution is 2.20. The van der Waals surface area contributed by atoms with Crippen LogP contribution in [-0.2, 0) is 4.79 Å².